The van der Waals surface area contributed by atoms with Gasteiger partial charge in [-0.3, -0.25) is 0 Å². The molecule has 0 aliphatic carbocycles. The summed E-state index contributed by atoms with van der Waals surface area (Å²) in [5, 5.41) is 8.93. The van der Waals surface area contributed by atoms with Crippen LogP contribution in [0.5, 0.6) is 0 Å². The summed E-state index contributed by atoms with van der Waals surface area (Å²) in [5.74, 6) is -1.47. The van der Waals surface area contributed by atoms with Crippen LogP contribution in [-0.4, -0.2) is 36.4 Å². The Morgan fingerprint density at radius 2 is 2.19 bits per heavy atom. The van der Waals surface area contributed by atoms with Crippen molar-refractivity contribution >= 4 is 16.0 Å². The largest absolute Gasteiger partial charge is 0.475 e. The van der Waals surface area contributed by atoms with Crippen LogP contribution in [-0.2, 0) is 10.0 Å². The van der Waals surface area contributed by atoms with Crippen LogP contribution in [0.2, 0.25) is 0 Å². The number of aromatic carboxylic acids is 1. The third-order valence-electron chi connectivity index (χ3n) is 3.86. The molecule has 0 radical (unpaired) electrons. The number of hydrogen-bond acceptors (Lipinski definition) is 4. The highest BCUT2D eigenvalue weighted by atomic mass is 32.2. The summed E-state index contributed by atoms with van der Waals surface area (Å²) < 4.78 is 32.2. The second-order valence-electron chi connectivity index (χ2n) is 5.39. The van der Waals surface area contributed by atoms with Crippen molar-refractivity contribution in [2.75, 3.05) is 6.54 Å². The minimum atomic E-state index is -3.70. The number of aryl methyl sites for hydroxylation is 1. The van der Waals surface area contributed by atoms with Crippen molar-refractivity contribution < 1.29 is 22.7 Å². The van der Waals surface area contributed by atoms with Crippen molar-refractivity contribution in [3.63, 3.8) is 0 Å². The van der Waals surface area contributed by atoms with Crippen LogP contribution in [0, 0.1) is 6.92 Å². The van der Waals surface area contributed by atoms with Gasteiger partial charge in [0.05, 0.1) is 0 Å². The van der Waals surface area contributed by atoms with Crippen LogP contribution in [0.15, 0.2) is 15.4 Å². The lowest BCUT2D eigenvalue weighted by molar-refractivity contribution is 0.0661. The molecule has 2 heterocycles. The highest BCUT2D eigenvalue weighted by Crippen LogP contribution is 2.30. The zero-order valence-electron chi connectivity index (χ0n) is 12.3. The summed E-state index contributed by atoms with van der Waals surface area (Å²) in [7, 11) is -3.70. The zero-order chi connectivity index (χ0) is 15.6. The Labute approximate surface area is 124 Å². The lowest BCUT2D eigenvalue weighted by Crippen LogP contribution is -2.43. The molecule has 0 spiro atoms. The normalized spacial score (nSPS) is 20.6. The summed E-state index contributed by atoms with van der Waals surface area (Å²) in [5.41, 5.74) is 0. The van der Waals surface area contributed by atoms with Crippen molar-refractivity contribution in [1.82, 2.24) is 4.31 Å². The van der Waals surface area contributed by atoms with Crippen molar-refractivity contribution in [1.29, 1.82) is 0 Å². The fourth-order valence-corrected chi connectivity index (χ4v) is 4.75. The molecule has 1 atom stereocenters. The van der Waals surface area contributed by atoms with Gasteiger partial charge in [-0.15, -0.1) is 0 Å². The van der Waals surface area contributed by atoms with E-state index in [0.29, 0.717) is 6.54 Å². The lowest BCUT2D eigenvalue weighted by atomic mass is 10.0. The van der Waals surface area contributed by atoms with E-state index in [4.69, 9.17) is 9.52 Å². The van der Waals surface area contributed by atoms with E-state index in [1.165, 1.54) is 11.2 Å². The Morgan fingerprint density at radius 3 is 2.76 bits per heavy atom. The van der Waals surface area contributed by atoms with Crippen molar-refractivity contribution in [2.45, 2.75) is 56.9 Å². The van der Waals surface area contributed by atoms with Gasteiger partial charge < -0.3 is 9.52 Å². The van der Waals surface area contributed by atoms with E-state index < -0.39 is 16.0 Å². The first-order valence-electron chi connectivity index (χ1n) is 7.23. The first kappa shape index (κ1) is 16.0. The number of carbonyl (C=O) groups is 1. The van der Waals surface area contributed by atoms with Crippen molar-refractivity contribution in [2.24, 2.45) is 0 Å². The SMILES string of the molecule is CCCC1CCCCN1S(=O)(=O)c1cc(C(=O)O)oc1C. The summed E-state index contributed by atoms with van der Waals surface area (Å²) in [6, 6.07) is 1.11. The van der Waals surface area contributed by atoms with Crippen molar-refractivity contribution in [3.05, 3.63) is 17.6 Å². The molecule has 1 aliphatic heterocycles. The van der Waals surface area contributed by atoms with E-state index >= 15 is 0 Å². The van der Waals surface area contributed by atoms with Gasteiger partial charge in [-0.05, 0) is 26.2 Å². The number of carboxylic acid groups (broad SMARTS) is 1. The molecule has 1 saturated heterocycles. The van der Waals surface area contributed by atoms with Gasteiger partial charge in [0.1, 0.15) is 10.7 Å². The van der Waals surface area contributed by atoms with Crippen LogP contribution in [0.4, 0.5) is 0 Å². The Kier molecular flexibility index (Phi) is 4.73. The van der Waals surface area contributed by atoms with Gasteiger partial charge in [0, 0.05) is 18.7 Å². The molecule has 2 rings (SSSR count). The van der Waals surface area contributed by atoms with E-state index in [-0.39, 0.29) is 22.5 Å². The smallest absolute Gasteiger partial charge is 0.371 e. The molecule has 118 valence electrons. The van der Waals surface area contributed by atoms with E-state index in [1.807, 2.05) is 6.92 Å². The Balaban J connectivity index is 2.38. The minimum absolute atomic E-state index is 0.00340. The number of furan rings is 1. The fraction of sp³-hybridized carbons (Fsp3) is 0.643. The predicted molar refractivity (Wildman–Crippen MR) is 76.8 cm³/mol. The van der Waals surface area contributed by atoms with E-state index in [9.17, 15) is 13.2 Å². The lowest BCUT2D eigenvalue weighted by Gasteiger charge is -2.34. The van der Waals surface area contributed by atoms with Gasteiger partial charge in [0.15, 0.2) is 0 Å². The predicted octanol–water partition coefficient (Wildman–Crippen LogP) is 2.63. The second-order valence-corrected chi connectivity index (χ2v) is 7.25. The first-order valence-corrected chi connectivity index (χ1v) is 8.67. The maximum atomic E-state index is 12.8. The third-order valence-corrected chi connectivity index (χ3v) is 5.92. The summed E-state index contributed by atoms with van der Waals surface area (Å²) in [6.45, 7) is 4.00. The van der Waals surface area contributed by atoms with Gasteiger partial charge >= 0.3 is 5.97 Å². The average Bonchev–Trinajstić information content (AvgIpc) is 2.83. The van der Waals surface area contributed by atoms with Gasteiger partial charge in [-0.2, -0.15) is 4.31 Å². The van der Waals surface area contributed by atoms with Gasteiger partial charge in [0.2, 0.25) is 15.8 Å². The molecule has 0 aromatic carbocycles. The first-order chi connectivity index (χ1) is 9.87. The molecule has 21 heavy (non-hydrogen) atoms. The maximum Gasteiger partial charge on any atom is 0.371 e. The molecule has 6 nitrogen and oxygen atoms in total. The van der Waals surface area contributed by atoms with E-state index in [1.54, 1.807) is 0 Å². The Morgan fingerprint density at radius 1 is 1.48 bits per heavy atom. The van der Waals surface area contributed by atoms with Crippen LogP contribution >= 0.6 is 0 Å². The van der Waals surface area contributed by atoms with E-state index in [2.05, 4.69) is 0 Å². The standard InChI is InChI=1S/C14H21NO5S/c1-3-6-11-7-4-5-8-15(11)21(18,19)13-9-12(14(16)17)20-10(13)2/h9,11H,3-8H2,1-2H3,(H,16,17). The number of hydrogen-bond donors (Lipinski definition) is 1. The molecule has 1 aromatic rings. The van der Waals surface area contributed by atoms with Gasteiger partial charge in [-0.1, -0.05) is 19.8 Å². The number of piperidine rings is 1. The molecule has 0 saturated carbocycles. The fourth-order valence-electron chi connectivity index (χ4n) is 2.87. The molecular weight excluding hydrogens is 294 g/mol. The number of sulfonamides is 1. The summed E-state index contributed by atoms with van der Waals surface area (Å²) in [6.07, 6.45) is 4.46. The summed E-state index contributed by atoms with van der Waals surface area (Å²) in [4.78, 5) is 10.9. The zero-order valence-corrected chi connectivity index (χ0v) is 13.1. The third kappa shape index (κ3) is 3.13. The maximum absolute atomic E-state index is 12.8. The molecule has 0 amide bonds. The topological polar surface area (TPSA) is 87.8 Å². The molecule has 7 heteroatoms. The van der Waals surface area contributed by atoms with E-state index in [0.717, 1.165) is 38.2 Å². The van der Waals surface area contributed by atoms with Crippen LogP contribution in [0.1, 0.15) is 55.3 Å². The second kappa shape index (κ2) is 6.19. The molecule has 0 bridgehead atoms. The van der Waals surface area contributed by atoms with Gasteiger partial charge in [-0.25, -0.2) is 13.2 Å². The van der Waals surface area contributed by atoms with Crippen LogP contribution in [0.3, 0.4) is 0 Å². The number of nitrogens with zero attached hydrogens (tertiary/aromatic N) is 1. The minimum Gasteiger partial charge on any atom is -0.475 e. The Bertz CT molecular complexity index is 617. The van der Waals surface area contributed by atoms with Gasteiger partial charge in [0.25, 0.3) is 0 Å². The number of carboxylic acids is 1. The molecule has 1 unspecified atom stereocenters. The molecule has 1 fully saturated rings. The quantitative estimate of drug-likeness (QED) is 0.902. The highest BCUT2D eigenvalue weighted by Gasteiger charge is 2.35. The van der Waals surface area contributed by atoms with Crippen LogP contribution < -0.4 is 0 Å². The number of rotatable bonds is 5. The molecule has 1 aromatic heterocycles. The summed E-state index contributed by atoms with van der Waals surface area (Å²) >= 11 is 0. The van der Waals surface area contributed by atoms with Crippen molar-refractivity contribution in [3.8, 4) is 0 Å². The monoisotopic (exact) mass is 315 g/mol. The highest BCUT2D eigenvalue weighted by molar-refractivity contribution is 7.89. The average molecular weight is 315 g/mol. The molecule has 1 N–H and O–H groups in total. The molecule has 1 aliphatic rings. The Hall–Kier alpha value is -1.34. The van der Waals surface area contributed by atoms with Crippen LogP contribution in [0.25, 0.3) is 0 Å². The molecular formula is C14H21NO5S.